The molecule has 36 heavy (non-hydrogen) atoms. The Balaban J connectivity index is 1.46. The van der Waals surface area contributed by atoms with E-state index in [2.05, 4.69) is 35.5 Å². The molecule has 0 atom stereocenters. The number of ether oxygens (including phenoxy) is 3. The average molecular weight is 510 g/mol. The van der Waals surface area contributed by atoms with Gasteiger partial charge in [0, 0.05) is 18.2 Å². The van der Waals surface area contributed by atoms with Crippen LogP contribution in [-0.2, 0) is 4.74 Å². The number of hydrogen-bond acceptors (Lipinski definition) is 8. The number of benzene rings is 2. The number of imidazole rings is 1. The highest BCUT2D eigenvalue weighted by atomic mass is 35.5. The summed E-state index contributed by atoms with van der Waals surface area (Å²) in [5, 5.41) is 10.6. The van der Waals surface area contributed by atoms with Crippen molar-refractivity contribution in [3.63, 3.8) is 0 Å². The van der Waals surface area contributed by atoms with E-state index >= 15 is 0 Å². The van der Waals surface area contributed by atoms with Gasteiger partial charge < -0.3 is 24.5 Å². The van der Waals surface area contributed by atoms with Crippen LogP contribution in [0.25, 0.3) is 33.9 Å². The molecule has 5 aromatic rings. The highest BCUT2D eigenvalue weighted by molar-refractivity contribution is 6.30. The van der Waals surface area contributed by atoms with Crippen molar-refractivity contribution in [1.29, 1.82) is 0 Å². The second-order valence-corrected chi connectivity index (χ2v) is 8.06. The standard InChI is InChI=1S/C24H21ClFN7O3/c1-34-7-8-36-14-4-6-17-18(10-14)30-24(29-17)21-19(11-28-33-21)31-23-20(35-2)12-27-22(32-23)15-9-13(25)3-5-16(15)26/h3-6,9-12H,7-8H2,1-2H3,(H,28,33)(H,29,30)(H,27,31,32). The molecule has 0 aliphatic heterocycles. The van der Waals surface area contributed by atoms with Gasteiger partial charge in [0.1, 0.15) is 23.9 Å². The molecule has 3 N–H and O–H groups in total. The summed E-state index contributed by atoms with van der Waals surface area (Å²) < 4.78 is 30.5. The van der Waals surface area contributed by atoms with Crippen LogP contribution in [0.2, 0.25) is 5.02 Å². The molecule has 184 valence electrons. The maximum Gasteiger partial charge on any atom is 0.179 e. The van der Waals surface area contributed by atoms with Crippen LogP contribution in [0.1, 0.15) is 0 Å². The summed E-state index contributed by atoms with van der Waals surface area (Å²) in [5.74, 6) is 1.57. The minimum absolute atomic E-state index is 0.146. The monoisotopic (exact) mass is 509 g/mol. The zero-order valence-corrected chi connectivity index (χ0v) is 20.1. The Labute approximate surface area is 209 Å². The van der Waals surface area contributed by atoms with Crippen molar-refractivity contribution in [2.75, 3.05) is 32.8 Å². The predicted octanol–water partition coefficient (Wildman–Crippen LogP) is 4.98. The van der Waals surface area contributed by atoms with Gasteiger partial charge in [-0.25, -0.2) is 19.3 Å². The van der Waals surface area contributed by atoms with Gasteiger partial charge in [-0.2, -0.15) is 5.10 Å². The van der Waals surface area contributed by atoms with E-state index in [4.69, 9.17) is 25.8 Å². The number of rotatable bonds is 9. The summed E-state index contributed by atoms with van der Waals surface area (Å²) in [4.78, 5) is 16.6. The van der Waals surface area contributed by atoms with Crippen LogP contribution in [0, 0.1) is 5.82 Å². The lowest BCUT2D eigenvalue weighted by molar-refractivity contribution is 0.146. The SMILES string of the molecule is COCCOc1ccc2nc(-c3[nH]ncc3Nc3nc(-c4cc(Cl)ccc4F)ncc3OC)[nH]c2c1. The van der Waals surface area contributed by atoms with Gasteiger partial charge in [-0.3, -0.25) is 5.10 Å². The lowest BCUT2D eigenvalue weighted by Gasteiger charge is -2.11. The molecule has 0 fully saturated rings. The molecule has 0 amide bonds. The number of fused-ring (bicyclic) bond motifs is 1. The fourth-order valence-electron chi connectivity index (χ4n) is 3.54. The summed E-state index contributed by atoms with van der Waals surface area (Å²) >= 11 is 6.04. The fourth-order valence-corrected chi connectivity index (χ4v) is 3.71. The molecule has 0 radical (unpaired) electrons. The lowest BCUT2D eigenvalue weighted by atomic mass is 10.2. The average Bonchev–Trinajstić information content (AvgIpc) is 3.52. The molecule has 3 aromatic heterocycles. The molecule has 10 nitrogen and oxygen atoms in total. The molecule has 2 aromatic carbocycles. The van der Waals surface area contributed by atoms with E-state index in [-0.39, 0.29) is 11.4 Å². The highest BCUT2D eigenvalue weighted by Crippen LogP contribution is 2.33. The zero-order valence-electron chi connectivity index (χ0n) is 19.3. The largest absolute Gasteiger partial charge is 0.491 e. The number of halogens is 2. The second-order valence-electron chi connectivity index (χ2n) is 7.62. The summed E-state index contributed by atoms with van der Waals surface area (Å²) in [7, 11) is 3.11. The van der Waals surface area contributed by atoms with Gasteiger partial charge >= 0.3 is 0 Å². The summed E-state index contributed by atoms with van der Waals surface area (Å²) in [6.45, 7) is 0.938. The molecular formula is C24H21ClFN7O3. The quantitative estimate of drug-likeness (QED) is 0.238. The van der Waals surface area contributed by atoms with Crippen LogP contribution in [0.5, 0.6) is 11.5 Å². The Morgan fingerprint density at radius 3 is 2.78 bits per heavy atom. The summed E-state index contributed by atoms with van der Waals surface area (Å²) in [6.07, 6.45) is 3.04. The molecule has 0 saturated heterocycles. The molecule has 0 bridgehead atoms. The van der Waals surface area contributed by atoms with Crippen molar-refractivity contribution in [2.45, 2.75) is 0 Å². The number of H-pyrrole nitrogens is 2. The Bertz CT molecular complexity index is 1520. The third-order valence-corrected chi connectivity index (χ3v) is 5.52. The zero-order chi connectivity index (χ0) is 25.1. The number of nitrogens with one attached hydrogen (secondary N) is 3. The number of anilines is 2. The highest BCUT2D eigenvalue weighted by Gasteiger charge is 2.18. The Kier molecular flexibility index (Phi) is 6.65. The lowest BCUT2D eigenvalue weighted by Crippen LogP contribution is -2.03. The maximum absolute atomic E-state index is 14.4. The molecule has 0 unspecified atom stereocenters. The molecule has 12 heteroatoms. The van der Waals surface area contributed by atoms with E-state index in [1.54, 1.807) is 13.3 Å². The first kappa shape index (κ1) is 23.5. The summed E-state index contributed by atoms with van der Waals surface area (Å²) in [5.41, 5.74) is 2.87. The van der Waals surface area contributed by atoms with E-state index in [0.717, 1.165) is 11.0 Å². The third-order valence-electron chi connectivity index (χ3n) is 5.28. The van der Waals surface area contributed by atoms with Crippen molar-refractivity contribution >= 4 is 34.1 Å². The van der Waals surface area contributed by atoms with E-state index in [0.29, 0.717) is 52.8 Å². The van der Waals surface area contributed by atoms with Gasteiger partial charge in [0.05, 0.1) is 48.4 Å². The normalized spacial score (nSPS) is 11.1. The van der Waals surface area contributed by atoms with Gasteiger partial charge in [0.25, 0.3) is 0 Å². The topological polar surface area (TPSA) is 123 Å². The Hall–Kier alpha value is -4.22. The van der Waals surface area contributed by atoms with Gasteiger partial charge in [0.15, 0.2) is 23.2 Å². The van der Waals surface area contributed by atoms with Crippen molar-refractivity contribution < 1.29 is 18.6 Å². The van der Waals surface area contributed by atoms with Crippen molar-refractivity contribution in [2.24, 2.45) is 0 Å². The van der Waals surface area contributed by atoms with E-state index in [1.165, 1.54) is 31.5 Å². The molecule has 3 heterocycles. The molecule has 5 rings (SSSR count). The third kappa shape index (κ3) is 4.79. The van der Waals surface area contributed by atoms with E-state index in [1.807, 2.05) is 18.2 Å². The van der Waals surface area contributed by atoms with Crippen LogP contribution in [0.4, 0.5) is 15.9 Å². The first-order valence-electron chi connectivity index (χ1n) is 10.8. The van der Waals surface area contributed by atoms with Gasteiger partial charge in [0.2, 0.25) is 0 Å². The minimum atomic E-state index is -0.493. The predicted molar refractivity (Wildman–Crippen MR) is 133 cm³/mol. The van der Waals surface area contributed by atoms with Crippen molar-refractivity contribution in [3.8, 4) is 34.4 Å². The molecular weight excluding hydrogens is 489 g/mol. The fraction of sp³-hybridized carbons (Fsp3) is 0.167. The van der Waals surface area contributed by atoms with E-state index in [9.17, 15) is 4.39 Å². The number of methoxy groups -OCH3 is 2. The number of aromatic amines is 2. The molecule has 0 saturated carbocycles. The molecule has 0 aliphatic carbocycles. The smallest absolute Gasteiger partial charge is 0.179 e. The van der Waals surface area contributed by atoms with Gasteiger partial charge in [-0.15, -0.1) is 0 Å². The molecule has 0 spiro atoms. The number of hydrogen-bond donors (Lipinski definition) is 3. The Morgan fingerprint density at radius 2 is 1.94 bits per heavy atom. The number of nitrogens with zero attached hydrogens (tertiary/aromatic N) is 4. The van der Waals surface area contributed by atoms with E-state index < -0.39 is 5.82 Å². The van der Waals surface area contributed by atoms with Crippen LogP contribution in [-0.4, -0.2) is 57.6 Å². The Morgan fingerprint density at radius 1 is 1.06 bits per heavy atom. The van der Waals surface area contributed by atoms with Gasteiger partial charge in [-0.1, -0.05) is 11.6 Å². The number of aromatic nitrogens is 6. The van der Waals surface area contributed by atoms with Crippen LogP contribution in [0.3, 0.4) is 0 Å². The van der Waals surface area contributed by atoms with Crippen LogP contribution >= 0.6 is 11.6 Å². The summed E-state index contributed by atoms with van der Waals surface area (Å²) in [6, 6.07) is 9.76. The minimum Gasteiger partial charge on any atom is -0.491 e. The van der Waals surface area contributed by atoms with Crippen LogP contribution in [0.15, 0.2) is 48.8 Å². The maximum atomic E-state index is 14.4. The molecule has 0 aliphatic rings. The van der Waals surface area contributed by atoms with Crippen molar-refractivity contribution in [3.05, 3.63) is 59.6 Å². The first-order chi connectivity index (χ1) is 17.6. The van der Waals surface area contributed by atoms with Crippen LogP contribution < -0.4 is 14.8 Å². The van der Waals surface area contributed by atoms with Gasteiger partial charge in [-0.05, 0) is 30.3 Å². The first-order valence-corrected chi connectivity index (χ1v) is 11.2. The van der Waals surface area contributed by atoms with Crippen molar-refractivity contribution in [1.82, 2.24) is 30.1 Å². The second kappa shape index (κ2) is 10.2.